The molecule has 1 heterocycles. The lowest BCUT2D eigenvalue weighted by Gasteiger charge is -2.30. The molecule has 1 fully saturated rings. The Bertz CT molecular complexity index is 208. The number of nitrogens with one attached hydrogen (secondary N) is 2. The fraction of sp³-hybridized carbons (Fsp3) is 0.917. The highest BCUT2D eigenvalue weighted by Crippen LogP contribution is 2.00. The Labute approximate surface area is 98.8 Å². The van der Waals surface area contributed by atoms with Crippen LogP contribution in [0, 0.1) is 0 Å². The van der Waals surface area contributed by atoms with Crippen molar-refractivity contribution >= 4 is 5.91 Å². The molecule has 4 heteroatoms. The number of likely N-dealkylation sites (N-methyl/N-ethyl adjacent to an activating group) is 1. The van der Waals surface area contributed by atoms with Crippen molar-refractivity contribution in [3.8, 4) is 0 Å². The molecular formula is C12H25N3O. The van der Waals surface area contributed by atoms with Crippen molar-refractivity contribution < 1.29 is 4.79 Å². The molecule has 0 bridgehead atoms. The molecule has 1 unspecified atom stereocenters. The molecule has 1 atom stereocenters. The van der Waals surface area contributed by atoms with Crippen LogP contribution in [-0.2, 0) is 4.79 Å². The third-order valence-corrected chi connectivity index (χ3v) is 2.99. The molecule has 0 aromatic heterocycles. The lowest BCUT2D eigenvalue weighted by atomic mass is 10.1. The molecule has 94 valence electrons. The molecule has 1 saturated heterocycles. The van der Waals surface area contributed by atoms with Crippen LogP contribution in [0.2, 0.25) is 0 Å². The highest BCUT2D eigenvalue weighted by Gasteiger charge is 2.18. The SMILES string of the molecule is CCCCCNC(=O)CC1CN(C)CCN1. The first-order valence-electron chi connectivity index (χ1n) is 6.41. The van der Waals surface area contributed by atoms with E-state index >= 15 is 0 Å². The van der Waals surface area contributed by atoms with Gasteiger partial charge >= 0.3 is 0 Å². The Hall–Kier alpha value is -0.610. The fourth-order valence-corrected chi connectivity index (χ4v) is 2.03. The van der Waals surface area contributed by atoms with Gasteiger partial charge in [-0.2, -0.15) is 0 Å². The summed E-state index contributed by atoms with van der Waals surface area (Å²) >= 11 is 0. The highest BCUT2D eigenvalue weighted by atomic mass is 16.1. The summed E-state index contributed by atoms with van der Waals surface area (Å²) in [6, 6.07) is 0.324. The number of hydrogen-bond acceptors (Lipinski definition) is 3. The third-order valence-electron chi connectivity index (χ3n) is 2.99. The molecule has 16 heavy (non-hydrogen) atoms. The molecule has 1 aliphatic heterocycles. The molecule has 0 aliphatic carbocycles. The van der Waals surface area contributed by atoms with E-state index in [0.717, 1.165) is 32.6 Å². The Morgan fingerprint density at radius 3 is 3.00 bits per heavy atom. The summed E-state index contributed by atoms with van der Waals surface area (Å²) < 4.78 is 0. The molecule has 1 amide bonds. The van der Waals surface area contributed by atoms with Crippen LogP contribution in [0.5, 0.6) is 0 Å². The third kappa shape index (κ3) is 5.47. The maximum absolute atomic E-state index is 11.6. The van der Waals surface area contributed by atoms with E-state index in [4.69, 9.17) is 0 Å². The van der Waals surface area contributed by atoms with Gasteiger partial charge in [0.2, 0.25) is 5.91 Å². The molecule has 0 aromatic rings. The minimum Gasteiger partial charge on any atom is -0.356 e. The van der Waals surface area contributed by atoms with Gasteiger partial charge in [-0.05, 0) is 13.5 Å². The summed E-state index contributed by atoms with van der Waals surface area (Å²) in [4.78, 5) is 13.9. The first kappa shape index (κ1) is 13.5. The van der Waals surface area contributed by atoms with Gasteiger partial charge in [0.25, 0.3) is 0 Å². The van der Waals surface area contributed by atoms with E-state index in [2.05, 4.69) is 29.5 Å². The van der Waals surface area contributed by atoms with Crippen molar-refractivity contribution in [3.63, 3.8) is 0 Å². The lowest BCUT2D eigenvalue weighted by molar-refractivity contribution is -0.121. The maximum Gasteiger partial charge on any atom is 0.221 e. The maximum atomic E-state index is 11.6. The Morgan fingerprint density at radius 1 is 1.50 bits per heavy atom. The summed E-state index contributed by atoms with van der Waals surface area (Å²) in [5.74, 6) is 0.184. The number of hydrogen-bond donors (Lipinski definition) is 2. The Balaban J connectivity index is 2.08. The largest absolute Gasteiger partial charge is 0.356 e. The van der Waals surface area contributed by atoms with E-state index in [0.29, 0.717) is 12.5 Å². The number of nitrogens with zero attached hydrogens (tertiary/aromatic N) is 1. The van der Waals surface area contributed by atoms with Crippen molar-refractivity contribution in [2.45, 2.75) is 38.6 Å². The van der Waals surface area contributed by atoms with Crippen molar-refractivity contribution in [3.05, 3.63) is 0 Å². The summed E-state index contributed by atoms with van der Waals surface area (Å²) in [5.41, 5.74) is 0. The fourth-order valence-electron chi connectivity index (χ4n) is 2.03. The Kier molecular flexibility index (Phi) is 6.42. The molecule has 4 nitrogen and oxygen atoms in total. The predicted molar refractivity (Wildman–Crippen MR) is 66.4 cm³/mol. The molecular weight excluding hydrogens is 202 g/mol. The number of carbonyl (C=O) groups excluding carboxylic acids is 1. The van der Waals surface area contributed by atoms with Gasteiger partial charge in [0.1, 0.15) is 0 Å². The van der Waals surface area contributed by atoms with E-state index < -0.39 is 0 Å². The van der Waals surface area contributed by atoms with Crippen LogP contribution in [0.25, 0.3) is 0 Å². The van der Waals surface area contributed by atoms with Gasteiger partial charge in [0.05, 0.1) is 0 Å². The van der Waals surface area contributed by atoms with Gasteiger partial charge in [0, 0.05) is 38.6 Å². The van der Waals surface area contributed by atoms with E-state index in [9.17, 15) is 4.79 Å². The lowest BCUT2D eigenvalue weighted by Crippen LogP contribution is -2.50. The van der Waals surface area contributed by atoms with Crippen molar-refractivity contribution in [1.82, 2.24) is 15.5 Å². The first-order valence-corrected chi connectivity index (χ1v) is 6.41. The number of amides is 1. The van der Waals surface area contributed by atoms with Crippen LogP contribution in [0.4, 0.5) is 0 Å². The monoisotopic (exact) mass is 227 g/mol. The average molecular weight is 227 g/mol. The average Bonchev–Trinajstić information content (AvgIpc) is 2.24. The van der Waals surface area contributed by atoms with Crippen molar-refractivity contribution in [2.24, 2.45) is 0 Å². The normalized spacial score (nSPS) is 22.0. The quantitative estimate of drug-likeness (QED) is 0.653. The van der Waals surface area contributed by atoms with E-state index in [1.165, 1.54) is 12.8 Å². The number of carbonyl (C=O) groups is 1. The summed E-state index contributed by atoms with van der Waals surface area (Å²) in [5, 5.41) is 6.36. The van der Waals surface area contributed by atoms with Gasteiger partial charge in [-0.1, -0.05) is 19.8 Å². The number of rotatable bonds is 6. The summed E-state index contributed by atoms with van der Waals surface area (Å²) in [6.07, 6.45) is 4.10. The smallest absolute Gasteiger partial charge is 0.221 e. The van der Waals surface area contributed by atoms with Crippen LogP contribution < -0.4 is 10.6 Å². The van der Waals surface area contributed by atoms with Crippen molar-refractivity contribution in [1.29, 1.82) is 0 Å². The highest BCUT2D eigenvalue weighted by molar-refractivity contribution is 5.76. The van der Waals surface area contributed by atoms with Crippen LogP contribution in [-0.4, -0.2) is 50.1 Å². The van der Waals surface area contributed by atoms with Crippen LogP contribution in [0.1, 0.15) is 32.6 Å². The standard InChI is InChI=1S/C12H25N3O/c1-3-4-5-6-14-12(16)9-11-10-15(2)8-7-13-11/h11,13H,3-10H2,1-2H3,(H,14,16). The first-order chi connectivity index (χ1) is 7.72. The molecule has 1 aliphatic rings. The summed E-state index contributed by atoms with van der Waals surface area (Å²) in [7, 11) is 2.10. The summed E-state index contributed by atoms with van der Waals surface area (Å²) in [6.45, 7) is 6.04. The zero-order valence-corrected chi connectivity index (χ0v) is 10.6. The van der Waals surface area contributed by atoms with Crippen LogP contribution in [0.15, 0.2) is 0 Å². The van der Waals surface area contributed by atoms with Gasteiger partial charge in [0.15, 0.2) is 0 Å². The molecule has 0 radical (unpaired) electrons. The number of unbranched alkanes of at least 4 members (excludes halogenated alkanes) is 2. The van der Waals surface area contributed by atoms with E-state index in [1.54, 1.807) is 0 Å². The van der Waals surface area contributed by atoms with Gasteiger partial charge in [-0.25, -0.2) is 0 Å². The Morgan fingerprint density at radius 2 is 2.31 bits per heavy atom. The van der Waals surface area contributed by atoms with Crippen molar-refractivity contribution in [2.75, 3.05) is 33.2 Å². The van der Waals surface area contributed by atoms with Gasteiger partial charge in [-0.3, -0.25) is 4.79 Å². The van der Waals surface area contributed by atoms with Crippen LogP contribution in [0.3, 0.4) is 0 Å². The van der Waals surface area contributed by atoms with Gasteiger partial charge in [-0.15, -0.1) is 0 Å². The van der Waals surface area contributed by atoms with E-state index in [1.807, 2.05) is 0 Å². The number of piperazine rings is 1. The molecule has 0 saturated carbocycles. The molecule has 0 spiro atoms. The second kappa shape index (κ2) is 7.63. The van der Waals surface area contributed by atoms with Gasteiger partial charge < -0.3 is 15.5 Å². The topological polar surface area (TPSA) is 44.4 Å². The molecule has 0 aromatic carbocycles. The second-order valence-electron chi connectivity index (χ2n) is 4.67. The zero-order chi connectivity index (χ0) is 11.8. The zero-order valence-electron chi connectivity index (χ0n) is 10.6. The minimum atomic E-state index is 0.184. The minimum absolute atomic E-state index is 0.184. The molecule has 1 rings (SSSR count). The van der Waals surface area contributed by atoms with Crippen LogP contribution >= 0.6 is 0 Å². The second-order valence-corrected chi connectivity index (χ2v) is 4.67. The predicted octanol–water partition coefficient (Wildman–Crippen LogP) is 0.587. The molecule has 2 N–H and O–H groups in total. The van der Waals surface area contributed by atoms with E-state index in [-0.39, 0.29) is 5.91 Å².